The van der Waals surface area contributed by atoms with Crippen LogP contribution in [0.2, 0.25) is 0 Å². The van der Waals surface area contributed by atoms with Gasteiger partial charge in [0.2, 0.25) is 5.91 Å². The zero-order valence-corrected chi connectivity index (χ0v) is 17.6. The zero-order chi connectivity index (χ0) is 18.4. The molecule has 146 valence electrons. The van der Waals surface area contributed by atoms with Gasteiger partial charge in [-0.3, -0.25) is 9.59 Å². The van der Waals surface area contributed by atoms with E-state index < -0.39 is 0 Å². The Morgan fingerprint density at radius 1 is 1.19 bits per heavy atom. The molecule has 1 aromatic carbocycles. The van der Waals surface area contributed by atoms with E-state index >= 15 is 0 Å². The van der Waals surface area contributed by atoms with Gasteiger partial charge in [0.1, 0.15) is 6.04 Å². The third-order valence-corrected chi connectivity index (χ3v) is 5.31. The fourth-order valence-electron chi connectivity index (χ4n) is 2.71. The molecule has 1 fully saturated rings. The van der Waals surface area contributed by atoms with Crippen molar-refractivity contribution in [2.24, 2.45) is 0 Å². The number of carbonyl (C=O) groups excluding carboxylic acids is 2. The molecule has 26 heavy (non-hydrogen) atoms. The number of amides is 2. The minimum atomic E-state index is -0.388. The summed E-state index contributed by atoms with van der Waals surface area (Å²) < 4.78 is 0. The minimum absolute atomic E-state index is 0. The highest BCUT2D eigenvalue weighted by molar-refractivity contribution is 7.99. The molecule has 1 unspecified atom stereocenters. The summed E-state index contributed by atoms with van der Waals surface area (Å²) >= 11 is 1.62. The fraction of sp³-hybridized carbons (Fsp3) is 0.579. The predicted molar refractivity (Wildman–Crippen MR) is 111 cm³/mol. The lowest BCUT2D eigenvalue weighted by Gasteiger charge is -2.24. The van der Waals surface area contributed by atoms with Crippen LogP contribution in [0.4, 0.5) is 0 Å². The van der Waals surface area contributed by atoms with Crippen molar-refractivity contribution in [2.75, 3.05) is 31.3 Å². The number of nitrogens with one attached hydrogen (secondary N) is 2. The maximum Gasteiger partial charge on any atom is 0.255 e. The van der Waals surface area contributed by atoms with Crippen molar-refractivity contribution < 1.29 is 9.59 Å². The number of hydrogen-bond acceptors (Lipinski definition) is 4. The Bertz CT molecular complexity index is 602. The van der Waals surface area contributed by atoms with Gasteiger partial charge in [0.25, 0.3) is 5.91 Å². The Balaban J connectivity index is 0.00000338. The predicted octanol–water partition coefficient (Wildman–Crippen LogP) is 2.65. The van der Waals surface area contributed by atoms with Gasteiger partial charge in [0.15, 0.2) is 0 Å². The molecule has 1 heterocycles. The summed E-state index contributed by atoms with van der Waals surface area (Å²) in [5.74, 6) is 1.07. The highest BCUT2D eigenvalue weighted by Gasteiger charge is 2.35. The topological polar surface area (TPSA) is 61.4 Å². The van der Waals surface area contributed by atoms with Crippen LogP contribution in [0.15, 0.2) is 24.3 Å². The van der Waals surface area contributed by atoms with E-state index in [1.165, 1.54) is 5.56 Å². The van der Waals surface area contributed by atoms with Gasteiger partial charge in [-0.2, -0.15) is 0 Å². The number of benzene rings is 1. The van der Waals surface area contributed by atoms with Crippen molar-refractivity contribution in [1.29, 1.82) is 0 Å². The molecule has 2 rings (SSSR count). The minimum Gasteiger partial charge on any atom is -0.353 e. The smallest absolute Gasteiger partial charge is 0.255 e. The maximum absolute atomic E-state index is 12.8. The monoisotopic (exact) mass is 399 g/mol. The molecule has 0 radical (unpaired) electrons. The van der Waals surface area contributed by atoms with Gasteiger partial charge in [-0.15, -0.1) is 24.2 Å². The van der Waals surface area contributed by atoms with Gasteiger partial charge in [0, 0.05) is 24.4 Å². The molecule has 1 atom stereocenters. The van der Waals surface area contributed by atoms with Crippen LogP contribution in [0.3, 0.4) is 0 Å². The molecule has 0 aromatic heterocycles. The summed E-state index contributed by atoms with van der Waals surface area (Å²) in [4.78, 5) is 26.9. The molecule has 0 spiro atoms. The normalized spacial score (nSPS) is 16.9. The van der Waals surface area contributed by atoms with Gasteiger partial charge in [-0.05, 0) is 29.7 Å². The first kappa shape index (κ1) is 22.8. The second kappa shape index (κ2) is 10.2. The van der Waals surface area contributed by atoms with Crippen molar-refractivity contribution in [3.8, 4) is 0 Å². The number of halogens is 1. The largest absolute Gasteiger partial charge is 0.353 e. The number of hydrogen-bond donors (Lipinski definition) is 2. The molecule has 1 aliphatic heterocycles. The molecule has 2 amide bonds. The third kappa shape index (κ3) is 5.89. The van der Waals surface area contributed by atoms with E-state index in [9.17, 15) is 9.59 Å². The van der Waals surface area contributed by atoms with Crippen molar-refractivity contribution in [2.45, 2.75) is 39.2 Å². The lowest BCUT2D eigenvalue weighted by atomic mass is 9.86. The molecule has 7 heteroatoms. The highest BCUT2D eigenvalue weighted by atomic mass is 35.5. The fourth-order valence-corrected chi connectivity index (χ4v) is 3.86. The maximum atomic E-state index is 12.8. The Kier molecular flexibility index (Phi) is 8.93. The molecule has 2 N–H and O–H groups in total. The van der Waals surface area contributed by atoms with Crippen LogP contribution in [0.5, 0.6) is 0 Å². The van der Waals surface area contributed by atoms with E-state index in [4.69, 9.17) is 0 Å². The zero-order valence-electron chi connectivity index (χ0n) is 16.0. The van der Waals surface area contributed by atoms with Crippen LogP contribution in [-0.2, 0) is 10.2 Å². The quantitative estimate of drug-likeness (QED) is 0.722. The van der Waals surface area contributed by atoms with Crippen molar-refractivity contribution >= 4 is 36.0 Å². The van der Waals surface area contributed by atoms with E-state index in [-0.39, 0.29) is 35.7 Å². The van der Waals surface area contributed by atoms with E-state index in [1.54, 1.807) is 16.7 Å². The number of nitrogens with zero attached hydrogens (tertiary/aromatic N) is 1. The average molecular weight is 400 g/mol. The Morgan fingerprint density at radius 3 is 2.42 bits per heavy atom. The summed E-state index contributed by atoms with van der Waals surface area (Å²) in [6.07, 6.45) is 0. The summed E-state index contributed by atoms with van der Waals surface area (Å²) in [6.45, 7) is 10.7. The number of thioether (sulfide) groups is 1. The molecule has 0 aliphatic carbocycles. The molecule has 1 aliphatic rings. The van der Waals surface area contributed by atoms with Crippen molar-refractivity contribution in [3.63, 3.8) is 0 Å². The lowest BCUT2D eigenvalue weighted by Crippen LogP contribution is -2.48. The summed E-state index contributed by atoms with van der Waals surface area (Å²) in [7, 11) is 0. The number of rotatable bonds is 6. The molecule has 0 saturated carbocycles. The molecule has 5 nitrogen and oxygen atoms in total. The third-order valence-electron chi connectivity index (χ3n) is 4.29. The second-order valence-electron chi connectivity index (χ2n) is 7.26. The number of likely N-dealkylation sites (N-methyl/N-ethyl adjacent to an activating group) is 1. The SMILES string of the molecule is CCNCCNC(=O)C1CSCN1C(=O)c1ccc(C(C)(C)C)cc1.Cl. The van der Waals surface area contributed by atoms with E-state index in [0.717, 1.165) is 13.1 Å². The Hall–Kier alpha value is -1.24. The molecule has 1 aromatic rings. The molecular formula is C19H30ClN3O2S. The van der Waals surface area contributed by atoms with E-state index in [0.29, 0.717) is 23.7 Å². The van der Waals surface area contributed by atoms with Crippen LogP contribution in [0.1, 0.15) is 43.6 Å². The lowest BCUT2D eigenvalue weighted by molar-refractivity contribution is -0.124. The van der Waals surface area contributed by atoms with Gasteiger partial charge in [-0.1, -0.05) is 39.8 Å². The first-order valence-electron chi connectivity index (χ1n) is 8.82. The average Bonchev–Trinajstić information content (AvgIpc) is 3.07. The van der Waals surface area contributed by atoms with E-state index in [2.05, 4.69) is 31.4 Å². The van der Waals surface area contributed by atoms with Crippen LogP contribution >= 0.6 is 24.2 Å². The summed E-state index contributed by atoms with van der Waals surface area (Å²) in [5, 5.41) is 6.09. The van der Waals surface area contributed by atoms with Crippen molar-refractivity contribution in [1.82, 2.24) is 15.5 Å². The van der Waals surface area contributed by atoms with Crippen LogP contribution in [0.25, 0.3) is 0 Å². The van der Waals surface area contributed by atoms with Crippen LogP contribution < -0.4 is 10.6 Å². The standard InChI is InChI=1S/C19H29N3O2S.ClH/c1-5-20-10-11-21-17(23)16-12-25-13-22(16)18(24)14-6-8-15(9-7-14)19(2,3)4;/h6-9,16,20H,5,10-13H2,1-4H3,(H,21,23);1H. The van der Waals surface area contributed by atoms with Gasteiger partial charge in [-0.25, -0.2) is 0 Å². The Morgan fingerprint density at radius 2 is 1.85 bits per heavy atom. The summed E-state index contributed by atoms with van der Waals surface area (Å²) in [6, 6.07) is 7.35. The van der Waals surface area contributed by atoms with Gasteiger partial charge < -0.3 is 15.5 Å². The van der Waals surface area contributed by atoms with Crippen LogP contribution in [-0.4, -0.2) is 54.0 Å². The number of carbonyl (C=O) groups is 2. The molecule has 1 saturated heterocycles. The van der Waals surface area contributed by atoms with Crippen LogP contribution in [0, 0.1) is 0 Å². The highest BCUT2D eigenvalue weighted by Crippen LogP contribution is 2.25. The van der Waals surface area contributed by atoms with Gasteiger partial charge >= 0.3 is 0 Å². The van der Waals surface area contributed by atoms with E-state index in [1.807, 2.05) is 31.2 Å². The Labute approximate surface area is 167 Å². The van der Waals surface area contributed by atoms with Gasteiger partial charge in [0.05, 0.1) is 5.88 Å². The second-order valence-corrected chi connectivity index (χ2v) is 8.26. The first-order valence-corrected chi connectivity index (χ1v) is 9.97. The van der Waals surface area contributed by atoms with Crippen molar-refractivity contribution in [3.05, 3.63) is 35.4 Å². The first-order chi connectivity index (χ1) is 11.8. The molecular weight excluding hydrogens is 370 g/mol. The molecule has 0 bridgehead atoms. The summed E-state index contributed by atoms with van der Waals surface area (Å²) in [5.41, 5.74) is 1.89.